The predicted octanol–water partition coefficient (Wildman–Crippen LogP) is 1.86. The van der Waals surface area contributed by atoms with E-state index in [4.69, 9.17) is 5.73 Å². The zero-order chi connectivity index (χ0) is 11.3. The summed E-state index contributed by atoms with van der Waals surface area (Å²) in [5, 5.41) is 9.28. The first-order valence-corrected chi connectivity index (χ1v) is 5.47. The second-order valence-corrected chi connectivity index (χ2v) is 3.67. The highest BCUT2D eigenvalue weighted by Gasteiger charge is 2.02. The summed E-state index contributed by atoms with van der Waals surface area (Å²) in [6, 6.07) is 5.43. The molecule has 0 atom stereocenters. The Hall–Kier alpha value is -1.22. The fourth-order valence-corrected chi connectivity index (χ4v) is 1.59. The fourth-order valence-electron chi connectivity index (χ4n) is 1.59. The topological polar surface area (TPSA) is 49.5 Å². The summed E-state index contributed by atoms with van der Waals surface area (Å²) in [6.45, 7) is 7.51. The molecule has 1 rings (SSSR count). The second kappa shape index (κ2) is 5.61. The molecule has 1 aromatic rings. The Morgan fingerprint density at radius 3 is 2.47 bits per heavy atom. The van der Waals surface area contributed by atoms with Gasteiger partial charge < -0.3 is 15.7 Å². The van der Waals surface area contributed by atoms with Gasteiger partial charge in [-0.2, -0.15) is 0 Å². The summed E-state index contributed by atoms with van der Waals surface area (Å²) in [5.41, 5.74) is 7.27. The van der Waals surface area contributed by atoms with Gasteiger partial charge in [0.05, 0.1) is 5.69 Å². The third kappa shape index (κ3) is 3.44. The average Bonchev–Trinajstić information content (AvgIpc) is 2.24. The van der Waals surface area contributed by atoms with Gasteiger partial charge >= 0.3 is 0 Å². The molecule has 0 fully saturated rings. The quantitative estimate of drug-likeness (QED) is 0.573. The van der Waals surface area contributed by atoms with Crippen LogP contribution in [-0.4, -0.2) is 29.6 Å². The second-order valence-electron chi connectivity index (χ2n) is 3.67. The van der Waals surface area contributed by atoms with Crippen molar-refractivity contribution in [3.8, 4) is 5.75 Å². The van der Waals surface area contributed by atoms with Gasteiger partial charge in [0.15, 0.2) is 0 Å². The molecule has 0 amide bonds. The molecule has 0 bridgehead atoms. The largest absolute Gasteiger partial charge is 0.506 e. The first-order chi connectivity index (χ1) is 7.17. The molecule has 3 nitrogen and oxygen atoms in total. The number of aromatic hydroxyl groups is 1. The average molecular weight is 208 g/mol. The van der Waals surface area contributed by atoms with Crippen LogP contribution in [0.25, 0.3) is 0 Å². The fraction of sp³-hybridized carbons (Fsp3) is 0.500. The molecular formula is C12H20N2O. The number of benzene rings is 1. The molecule has 0 radical (unpaired) electrons. The molecule has 0 aliphatic rings. The molecule has 0 saturated carbocycles. The van der Waals surface area contributed by atoms with Gasteiger partial charge in [0.1, 0.15) is 5.75 Å². The molecule has 0 spiro atoms. The van der Waals surface area contributed by atoms with E-state index in [1.165, 1.54) is 5.56 Å². The lowest BCUT2D eigenvalue weighted by Crippen LogP contribution is -2.25. The van der Waals surface area contributed by atoms with E-state index in [1.54, 1.807) is 6.07 Å². The van der Waals surface area contributed by atoms with Crippen LogP contribution in [0.3, 0.4) is 0 Å². The molecule has 3 N–H and O–H groups in total. The molecule has 0 aliphatic heterocycles. The van der Waals surface area contributed by atoms with Gasteiger partial charge in [-0.05, 0) is 37.2 Å². The molecule has 0 unspecified atom stereocenters. The van der Waals surface area contributed by atoms with Crippen molar-refractivity contribution >= 4 is 5.69 Å². The molecule has 3 heteroatoms. The molecule has 0 aromatic heterocycles. The summed E-state index contributed by atoms with van der Waals surface area (Å²) in [4.78, 5) is 2.36. The van der Waals surface area contributed by atoms with E-state index < -0.39 is 0 Å². The number of phenols is 1. The van der Waals surface area contributed by atoms with Crippen molar-refractivity contribution in [2.24, 2.45) is 0 Å². The molecule has 0 heterocycles. The van der Waals surface area contributed by atoms with Gasteiger partial charge in [-0.15, -0.1) is 0 Å². The monoisotopic (exact) mass is 208 g/mol. The summed E-state index contributed by atoms with van der Waals surface area (Å²) in [7, 11) is 0. The highest BCUT2D eigenvalue weighted by Crippen LogP contribution is 2.20. The lowest BCUT2D eigenvalue weighted by molar-refractivity contribution is 0.308. The number of nitrogen functional groups attached to an aromatic ring is 1. The van der Waals surface area contributed by atoms with Crippen molar-refractivity contribution < 1.29 is 5.11 Å². The number of phenolic OH excluding ortho intramolecular Hbond substituents is 1. The van der Waals surface area contributed by atoms with E-state index in [9.17, 15) is 5.11 Å². The van der Waals surface area contributed by atoms with Crippen LogP contribution in [0.5, 0.6) is 5.75 Å². The number of nitrogens with two attached hydrogens (primary N) is 1. The van der Waals surface area contributed by atoms with Gasteiger partial charge in [0.2, 0.25) is 0 Å². The maximum atomic E-state index is 9.28. The van der Waals surface area contributed by atoms with Crippen LogP contribution in [0.4, 0.5) is 5.69 Å². The maximum absolute atomic E-state index is 9.28. The molecule has 15 heavy (non-hydrogen) atoms. The lowest BCUT2D eigenvalue weighted by atomic mass is 10.1. The Labute approximate surface area is 91.5 Å². The van der Waals surface area contributed by atoms with Crippen LogP contribution in [0.15, 0.2) is 18.2 Å². The minimum absolute atomic E-state index is 0.168. The molecule has 1 aromatic carbocycles. The first-order valence-electron chi connectivity index (χ1n) is 5.47. The number of anilines is 1. The highest BCUT2D eigenvalue weighted by molar-refractivity contribution is 5.53. The van der Waals surface area contributed by atoms with E-state index in [0.717, 1.165) is 26.1 Å². The van der Waals surface area contributed by atoms with Crippen molar-refractivity contribution in [1.29, 1.82) is 0 Å². The smallest absolute Gasteiger partial charge is 0.138 e. The van der Waals surface area contributed by atoms with Crippen LogP contribution in [-0.2, 0) is 6.42 Å². The number of rotatable bonds is 5. The minimum atomic E-state index is 0.168. The third-order valence-corrected chi connectivity index (χ3v) is 2.70. The van der Waals surface area contributed by atoms with E-state index in [1.807, 2.05) is 12.1 Å². The van der Waals surface area contributed by atoms with Gasteiger partial charge in [-0.25, -0.2) is 0 Å². The predicted molar refractivity (Wildman–Crippen MR) is 64.0 cm³/mol. The van der Waals surface area contributed by atoms with Crippen LogP contribution in [0.1, 0.15) is 19.4 Å². The van der Waals surface area contributed by atoms with Crippen molar-refractivity contribution in [3.63, 3.8) is 0 Å². The highest BCUT2D eigenvalue weighted by atomic mass is 16.3. The van der Waals surface area contributed by atoms with Crippen LogP contribution in [0, 0.1) is 0 Å². The Bertz CT molecular complexity index is 308. The Balaban J connectivity index is 2.54. The van der Waals surface area contributed by atoms with Gasteiger partial charge in [0.25, 0.3) is 0 Å². The van der Waals surface area contributed by atoms with Crippen LogP contribution < -0.4 is 5.73 Å². The minimum Gasteiger partial charge on any atom is -0.506 e. The first kappa shape index (κ1) is 11.9. The van der Waals surface area contributed by atoms with Crippen molar-refractivity contribution in [1.82, 2.24) is 4.90 Å². The SMILES string of the molecule is CCN(CC)CCc1ccc(O)c(N)c1. The standard InChI is InChI=1S/C12H20N2O/c1-3-14(4-2)8-7-10-5-6-12(15)11(13)9-10/h5-6,9,15H,3-4,7-8,13H2,1-2H3. The van der Waals surface area contributed by atoms with E-state index in [0.29, 0.717) is 5.69 Å². The third-order valence-electron chi connectivity index (χ3n) is 2.70. The van der Waals surface area contributed by atoms with E-state index >= 15 is 0 Å². The van der Waals surface area contributed by atoms with Crippen molar-refractivity contribution in [3.05, 3.63) is 23.8 Å². The Kier molecular flexibility index (Phi) is 4.43. The molecule has 84 valence electrons. The molecular weight excluding hydrogens is 188 g/mol. The number of nitrogens with zero attached hydrogens (tertiary/aromatic N) is 1. The summed E-state index contributed by atoms with van der Waals surface area (Å²) in [6.07, 6.45) is 0.978. The lowest BCUT2D eigenvalue weighted by Gasteiger charge is -2.17. The summed E-state index contributed by atoms with van der Waals surface area (Å²) in [5.74, 6) is 0.168. The van der Waals surface area contributed by atoms with Gasteiger partial charge in [-0.1, -0.05) is 19.9 Å². The van der Waals surface area contributed by atoms with Gasteiger partial charge in [-0.3, -0.25) is 0 Å². The number of hydrogen-bond acceptors (Lipinski definition) is 3. The van der Waals surface area contributed by atoms with E-state index in [-0.39, 0.29) is 5.75 Å². The zero-order valence-corrected chi connectivity index (χ0v) is 9.53. The number of likely N-dealkylation sites (N-methyl/N-ethyl adjacent to an activating group) is 1. The molecule has 0 aliphatic carbocycles. The van der Waals surface area contributed by atoms with E-state index in [2.05, 4.69) is 18.7 Å². The summed E-state index contributed by atoms with van der Waals surface area (Å²) < 4.78 is 0. The Morgan fingerprint density at radius 2 is 1.93 bits per heavy atom. The number of hydrogen-bond donors (Lipinski definition) is 2. The molecule has 0 saturated heterocycles. The maximum Gasteiger partial charge on any atom is 0.138 e. The van der Waals surface area contributed by atoms with Crippen molar-refractivity contribution in [2.45, 2.75) is 20.3 Å². The van der Waals surface area contributed by atoms with Gasteiger partial charge in [0, 0.05) is 6.54 Å². The van der Waals surface area contributed by atoms with Crippen LogP contribution >= 0.6 is 0 Å². The normalized spacial score (nSPS) is 10.9. The van der Waals surface area contributed by atoms with Crippen molar-refractivity contribution in [2.75, 3.05) is 25.4 Å². The summed E-state index contributed by atoms with van der Waals surface area (Å²) >= 11 is 0. The van der Waals surface area contributed by atoms with Crippen LogP contribution in [0.2, 0.25) is 0 Å². The zero-order valence-electron chi connectivity index (χ0n) is 9.53. The Morgan fingerprint density at radius 1 is 1.27 bits per heavy atom.